The maximum atomic E-state index is 12.0. The Morgan fingerprint density at radius 3 is 2.37 bits per heavy atom. The van der Waals surface area contributed by atoms with Gasteiger partial charge in [0.25, 0.3) is 0 Å². The van der Waals surface area contributed by atoms with Gasteiger partial charge in [-0.25, -0.2) is 4.74 Å². The molecule has 0 N–H and O–H groups in total. The summed E-state index contributed by atoms with van der Waals surface area (Å²) in [6.45, 7) is 1.92. The van der Waals surface area contributed by atoms with E-state index < -0.39 is 0 Å². The van der Waals surface area contributed by atoms with E-state index in [2.05, 4.69) is 0 Å². The summed E-state index contributed by atoms with van der Waals surface area (Å²) >= 11 is 5.81. The lowest BCUT2D eigenvalue weighted by Gasteiger charge is -2.12. The first-order chi connectivity index (χ1) is 9.15. The first-order valence-corrected chi connectivity index (χ1v) is 6.63. The lowest BCUT2D eigenvalue weighted by atomic mass is 10.1. The van der Waals surface area contributed by atoms with E-state index in [1.54, 1.807) is 18.3 Å². The van der Waals surface area contributed by atoms with Crippen molar-refractivity contribution in [3.8, 4) is 0 Å². The van der Waals surface area contributed by atoms with Crippen LogP contribution in [0.4, 0.5) is 0 Å². The van der Waals surface area contributed by atoms with Gasteiger partial charge in [0.2, 0.25) is 0 Å². The molecule has 0 amide bonds. The molecule has 2 aromatic carbocycles. The molecule has 0 fully saturated rings. The maximum Gasteiger partial charge on any atom is 0.182 e. The molecule has 0 radical (unpaired) electrons. The van der Waals surface area contributed by atoms with Crippen LogP contribution >= 0.6 is 11.6 Å². The Morgan fingerprint density at radius 1 is 1.11 bits per heavy atom. The van der Waals surface area contributed by atoms with E-state index in [4.69, 9.17) is 11.6 Å². The molecule has 0 saturated heterocycles. The van der Waals surface area contributed by atoms with E-state index in [1.165, 1.54) is 5.56 Å². The van der Waals surface area contributed by atoms with Crippen molar-refractivity contribution in [1.82, 2.24) is 0 Å². The highest BCUT2D eigenvalue weighted by atomic mass is 35.5. The molecule has 0 aliphatic carbocycles. The average Bonchev–Trinajstić information content (AvgIpc) is 2.42. The molecule has 1 atom stereocenters. The van der Waals surface area contributed by atoms with Crippen LogP contribution in [0, 0.1) is 5.21 Å². The fourth-order valence-corrected chi connectivity index (χ4v) is 1.99. The number of nitrogens with zero attached hydrogens (tertiary/aromatic N) is 1. The van der Waals surface area contributed by atoms with E-state index in [0.717, 1.165) is 16.7 Å². The van der Waals surface area contributed by atoms with E-state index in [-0.39, 0.29) is 6.04 Å². The summed E-state index contributed by atoms with van der Waals surface area (Å²) in [6.07, 6.45) is 2.33. The number of hydroxylamine groups is 1. The molecular weight excluding hydrogens is 258 g/mol. The Bertz CT molecular complexity index is 549. The van der Waals surface area contributed by atoms with Crippen molar-refractivity contribution in [2.45, 2.75) is 19.4 Å². The molecular formula is C16H16ClNO. The molecule has 3 heteroatoms. The van der Waals surface area contributed by atoms with Crippen LogP contribution in [0.15, 0.2) is 54.6 Å². The number of hydrogen-bond donors (Lipinski definition) is 0. The van der Waals surface area contributed by atoms with Gasteiger partial charge in [0.05, 0.1) is 0 Å². The van der Waals surface area contributed by atoms with Gasteiger partial charge in [0, 0.05) is 17.0 Å². The van der Waals surface area contributed by atoms with Gasteiger partial charge in [0.1, 0.15) is 0 Å². The highest BCUT2D eigenvalue weighted by Crippen LogP contribution is 2.09. The summed E-state index contributed by atoms with van der Waals surface area (Å²) in [6, 6.07) is 17.2. The predicted octanol–water partition coefficient (Wildman–Crippen LogP) is 3.90. The highest BCUT2D eigenvalue weighted by molar-refractivity contribution is 6.30. The third kappa shape index (κ3) is 4.11. The minimum atomic E-state index is -0.0990. The zero-order valence-electron chi connectivity index (χ0n) is 10.8. The molecule has 2 rings (SSSR count). The number of hydrogen-bond acceptors (Lipinski definition) is 1. The molecule has 0 saturated carbocycles. The minimum Gasteiger partial charge on any atom is -0.624 e. The second-order valence-electron chi connectivity index (χ2n) is 4.58. The number of rotatable bonds is 4. The predicted molar refractivity (Wildman–Crippen MR) is 79.9 cm³/mol. The van der Waals surface area contributed by atoms with Crippen molar-refractivity contribution in [1.29, 1.82) is 0 Å². The van der Waals surface area contributed by atoms with E-state index >= 15 is 0 Å². The molecule has 0 heterocycles. The molecule has 0 aliphatic heterocycles. The van der Waals surface area contributed by atoms with Gasteiger partial charge in [-0.3, -0.25) is 0 Å². The summed E-state index contributed by atoms with van der Waals surface area (Å²) in [5.41, 5.74) is 2.03. The van der Waals surface area contributed by atoms with Crippen molar-refractivity contribution in [2.24, 2.45) is 0 Å². The Labute approximate surface area is 118 Å². The van der Waals surface area contributed by atoms with Crippen LogP contribution in [0.5, 0.6) is 0 Å². The summed E-state index contributed by atoms with van der Waals surface area (Å²) in [4.78, 5) is 0. The van der Waals surface area contributed by atoms with Crippen LogP contribution in [0.1, 0.15) is 18.1 Å². The number of benzene rings is 2. The third-order valence-electron chi connectivity index (χ3n) is 2.95. The molecule has 1 unspecified atom stereocenters. The van der Waals surface area contributed by atoms with Gasteiger partial charge in [-0.1, -0.05) is 41.9 Å². The topological polar surface area (TPSA) is 26.1 Å². The third-order valence-corrected chi connectivity index (χ3v) is 3.21. The summed E-state index contributed by atoms with van der Waals surface area (Å²) < 4.78 is 0.996. The largest absolute Gasteiger partial charge is 0.624 e. The van der Waals surface area contributed by atoms with Crippen LogP contribution in [-0.4, -0.2) is 17.0 Å². The zero-order valence-corrected chi connectivity index (χ0v) is 11.5. The Kier molecular flexibility index (Phi) is 4.58. The Morgan fingerprint density at radius 2 is 1.74 bits per heavy atom. The minimum absolute atomic E-state index is 0.0990. The van der Waals surface area contributed by atoms with Gasteiger partial charge in [0.15, 0.2) is 12.3 Å². The van der Waals surface area contributed by atoms with Crippen LogP contribution in [0.3, 0.4) is 0 Å². The first-order valence-electron chi connectivity index (χ1n) is 6.25. The standard InChI is InChI=1S/C16H16ClNO/c1-13(11-14-5-3-2-4-6-14)18(19)12-15-7-9-16(17)10-8-15/h2-10,12-13H,11H2,1H3/b18-12-. The SMILES string of the molecule is CC(Cc1ccccc1)/[N+]([O-])=C/c1ccc(Cl)cc1. The summed E-state index contributed by atoms with van der Waals surface area (Å²) in [7, 11) is 0. The van der Waals surface area contributed by atoms with Crippen LogP contribution in [0.25, 0.3) is 0 Å². The zero-order chi connectivity index (χ0) is 13.7. The van der Waals surface area contributed by atoms with E-state index in [9.17, 15) is 5.21 Å². The molecule has 0 aliphatic rings. The molecule has 0 bridgehead atoms. The van der Waals surface area contributed by atoms with Gasteiger partial charge in [-0.15, -0.1) is 0 Å². The van der Waals surface area contributed by atoms with Crippen molar-refractivity contribution < 1.29 is 4.74 Å². The molecule has 98 valence electrons. The quantitative estimate of drug-likeness (QED) is 0.359. The van der Waals surface area contributed by atoms with Crippen LogP contribution in [0.2, 0.25) is 5.02 Å². The molecule has 0 aromatic heterocycles. The van der Waals surface area contributed by atoms with Crippen LogP contribution in [-0.2, 0) is 6.42 Å². The van der Waals surface area contributed by atoms with Gasteiger partial charge in [-0.2, -0.15) is 0 Å². The second-order valence-corrected chi connectivity index (χ2v) is 5.02. The summed E-state index contributed by atoms with van der Waals surface area (Å²) in [5, 5.41) is 12.7. The van der Waals surface area contributed by atoms with Crippen LogP contribution < -0.4 is 0 Å². The van der Waals surface area contributed by atoms with Crippen molar-refractivity contribution >= 4 is 17.8 Å². The number of halogens is 1. The van der Waals surface area contributed by atoms with Crippen molar-refractivity contribution in [3.63, 3.8) is 0 Å². The Balaban J connectivity index is 2.06. The lowest BCUT2D eigenvalue weighted by molar-refractivity contribution is -0.491. The molecule has 0 spiro atoms. The molecule has 2 nitrogen and oxygen atoms in total. The maximum absolute atomic E-state index is 12.0. The lowest BCUT2D eigenvalue weighted by Crippen LogP contribution is -2.21. The van der Waals surface area contributed by atoms with Crippen molar-refractivity contribution in [2.75, 3.05) is 0 Å². The fraction of sp³-hybridized carbons (Fsp3) is 0.188. The monoisotopic (exact) mass is 273 g/mol. The highest BCUT2D eigenvalue weighted by Gasteiger charge is 2.10. The smallest absolute Gasteiger partial charge is 0.182 e. The molecule has 19 heavy (non-hydrogen) atoms. The normalized spacial score (nSPS) is 13.3. The molecule has 2 aromatic rings. The summed E-state index contributed by atoms with van der Waals surface area (Å²) in [5.74, 6) is 0. The second kappa shape index (κ2) is 6.39. The Hall–Kier alpha value is -1.80. The van der Waals surface area contributed by atoms with Gasteiger partial charge < -0.3 is 5.21 Å². The van der Waals surface area contributed by atoms with Crippen molar-refractivity contribution in [3.05, 3.63) is 76.0 Å². The van der Waals surface area contributed by atoms with Gasteiger partial charge >= 0.3 is 0 Å². The first kappa shape index (κ1) is 13.6. The average molecular weight is 274 g/mol. The van der Waals surface area contributed by atoms with E-state index in [1.807, 2.05) is 49.4 Å². The van der Waals surface area contributed by atoms with Gasteiger partial charge in [-0.05, 0) is 36.8 Å². The van der Waals surface area contributed by atoms with E-state index in [0.29, 0.717) is 5.02 Å². The fourth-order valence-electron chi connectivity index (χ4n) is 1.87.